The topological polar surface area (TPSA) is 46.5 Å². The number of nitrogens with one attached hydrogen (secondary N) is 1. The van der Waals surface area contributed by atoms with E-state index >= 15 is 0 Å². The molecule has 3 heterocycles. The van der Waals surface area contributed by atoms with Crippen LogP contribution in [0.15, 0.2) is 48.8 Å². The van der Waals surface area contributed by atoms with E-state index in [0.717, 1.165) is 33.3 Å². The van der Waals surface area contributed by atoms with Crippen LogP contribution >= 0.6 is 12.2 Å². The highest BCUT2D eigenvalue weighted by Gasteiger charge is 2.10. The molecule has 102 valence electrons. The molecule has 4 rings (SSSR count). The minimum absolute atomic E-state index is 0.646. The fourth-order valence-corrected chi connectivity index (χ4v) is 2.90. The van der Waals surface area contributed by atoms with Gasteiger partial charge in [-0.1, -0.05) is 12.1 Å². The summed E-state index contributed by atoms with van der Waals surface area (Å²) in [5.41, 5.74) is 3.78. The largest absolute Gasteiger partial charge is 0.329 e. The summed E-state index contributed by atoms with van der Waals surface area (Å²) in [5, 5.41) is 2.19. The summed E-state index contributed by atoms with van der Waals surface area (Å²) in [5.74, 6) is 0. The van der Waals surface area contributed by atoms with E-state index in [0.29, 0.717) is 4.77 Å². The molecule has 1 N–H and O–H groups in total. The van der Waals surface area contributed by atoms with E-state index in [1.54, 1.807) is 6.20 Å². The van der Waals surface area contributed by atoms with Crippen LogP contribution in [0.5, 0.6) is 0 Å². The third-order valence-corrected chi connectivity index (χ3v) is 3.85. The SMILES string of the molecule is Cc1ccc2[nH]c(=S)n(-c3cccc4cnccc34)c2n1. The number of aromatic nitrogens is 4. The first-order valence-corrected chi connectivity index (χ1v) is 7.06. The Bertz CT molecular complexity index is 1020. The van der Waals surface area contributed by atoms with Crippen molar-refractivity contribution in [2.24, 2.45) is 0 Å². The van der Waals surface area contributed by atoms with Crippen molar-refractivity contribution >= 4 is 34.2 Å². The van der Waals surface area contributed by atoms with Crippen molar-refractivity contribution in [3.63, 3.8) is 0 Å². The normalized spacial score (nSPS) is 11.3. The number of nitrogens with zero attached hydrogens (tertiary/aromatic N) is 3. The molecule has 4 aromatic rings. The Kier molecular flexibility index (Phi) is 2.62. The Balaban J connectivity index is 2.16. The minimum atomic E-state index is 0.646. The Hall–Kier alpha value is -2.53. The Morgan fingerprint density at radius 1 is 1.14 bits per heavy atom. The zero-order valence-electron chi connectivity index (χ0n) is 11.4. The van der Waals surface area contributed by atoms with Crippen LogP contribution in [0.3, 0.4) is 0 Å². The van der Waals surface area contributed by atoms with Crippen LogP contribution in [0.4, 0.5) is 0 Å². The van der Waals surface area contributed by atoms with Gasteiger partial charge >= 0.3 is 0 Å². The summed E-state index contributed by atoms with van der Waals surface area (Å²) in [6, 6.07) is 12.1. The Labute approximate surface area is 126 Å². The maximum absolute atomic E-state index is 5.49. The number of hydrogen-bond donors (Lipinski definition) is 1. The van der Waals surface area contributed by atoms with Crippen molar-refractivity contribution in [3.8, 4) is 5.69 Å². The van der Waals surface area contributed by atoms with Crippen molar-refractivity contribution < 1.29 is 0 Å². The van der Waals surface area contributed by atoms with Crippen LogP contribution in [0, 0.1) is 11.7 Å². The number of benzene rings is 1. The first-order valence-electron chi connectivity index (χ1n) is 6.65. The second-order valence-corrected chi connectivity index (χ2v) is 5.35. The van der Waals surface area contributed by atoms with E-state index in [9.17, 15) is 0 Å². The zero-order valence-corrected chi connectivity index (χ0v) is 12.2. The Morgan fingerprint density at radius 3 is 2.95 bits per heavy atom. The molecule has 0 radical (unpaired) electrons. The van der Waals surface area contributed by atoms with E-state index in [4.69, 9.17) is 12.2 Å². The standard InChI is InChI=1S/C16H12N4S/c1-10-5-6-13-15(18-10)20(16(21)19-13)14-4-2-3-11-9-17-8-7-12(11)14/h2-9H,1H3,(H,19,21). The van der Waals surface area contributed by atoms with Gasteiger partial charge < -0.3 is 4.98 Å². The van der Waals surface area contributed by atoms with Gasteiger partial charge in [0.15, 0.2) is 10.4 Å². The van der Waals surface area contributed by atoms with Gasteiger partial charge in [-0.05, 0) is 43.4 Å². The van der Waals surface area contributed by atoms with Gasteiger partial charge in [0.05, 0.1) is 11.2 Å². The first-order chi connectivity index (χ1) is 10.2. The van der Waals surface area contributed by atoms with Gasteiger partial charge in [-0.2, -0.15) is 0 Å². The zero-order chi connectivity index (χ0) is 14.4. The molecule has 3 aromatic heterocycles. The van der Waals surface area contributed by atoms with Crippen molar-refractivity contribution in [2.45, 2.75) is 6.92 Å². The summed E-state index contributed by atoms with van der Waals surface area (Å²) in [6.07, 6.45) is 3.65. The van der Waals surface area contributed by atoms with E-state index in [2.05, 4.69) is 21.0 Å². The van der Waals surface area contributed by atoms with Crippen LogP contribution in [0.2, 0.25) is 0 Å². The molecule has 0 saturated heterocycles. The minimum Gasteiger partial charge on any atom is -0.329 e. The van der Waals surface area contributed by atoms with Crippen LogP contribution in [-0.4, -0.2) is 19.5 Å². The molecule has 0 spiro atoms. The molecule has 1 aromatic carbocycles. The first kappa shape index (κ1) is 12.2. The lowest BCUT2D eigenvalue weighted by atomic mass is 10.1. The second kappa shape index (κ2) is 4.49. The number of rotatable bonds is 1. The number of fused-ring (bicyclic) bond motifs is 2. The molecule has 0 unspecified atom stereocenters. The maximum Gasteiger partial charge on any atom is 0.184 e. The molecule has 0 fully saturated rings. The van der Waals surface area contributed by atoms with Gasteiger partial charge in [0, 0.05) is 28.9 Å². The average Bonchev–Trinajstić information content (AvgIpc) is 2.82. The predicted molar refractivity (Wildman–Crippen MR) is 86.3 cm³/mol. The smallest absolute Gasteiger partial charge is 0.184 e. The molecule has 0 atom stereocenters. The fourth-order valence-electron chi connectivity index (χ4n) is 2.60. The number of H-pyrrole nitrogens is 1. The molecular weight excluding hydrogens is 280 g/mol. The summed E-state index contributed by atoms with van der Waals surface area (Å²) < 4.78 is 2.63. The number of aryl methyl sites for hydroxylation is 1. The lowest BCUT2D eigenvalue weighted by Crippen LogP contribution is -1.97. The number of aromatic amines is 1. The van der Waals surface area contributed by atoms with Gasteiger partial charge in [0.1, 0.15) is 0 Å². The third kappa shape index (κ3) is 1.86. The van der Waals surface area contributed by atoms with E-state index in [-0.39, 0.29) is 0 Å². The molecular formula is C16H12N4S. The van der Waals surface area contributed by atoms with Crippen molar-refractivity contribution in [3.05, 3.63) is 59.3 Å². The van der Waals surface area contributed by atoms with Gasteiger partial charge in [-0.25, -0.2) is 4.98 Å². The second-order valence-electron chi connectivity index (χ2n) is 4.96. The molecule has 0 aliphatic heterocycles. The summed E-state index contributed by atoms with van der Waals surface area (Å²) in [4.78, 5) is 12.0. The Morgan fingerprint density at radius 2 is 2.05 bits per heavy atom. The van der Waals surface area contributed by atoms with Gasteiger partial charge in [0.2, 0.25) is 0 Å². The number of hydrogen-bond acceptors (Lipinski definition) is 3. The highest BCUT2D eigenvalue weighted by molar-refractivity contribution is 7.71. The van der Waals surface area contributed by atoms with E-state index < -0.39 is 0 Å². The molecule has 0 aliphatic rings. The lowest BCUT2D eigenvalue weighted by molar-refractivity contribution is 1.04. The molecule has 0 bridgehead atoms. The molecule has 4 nitrogen and oxygen atoms in total. The quantitative estimate of drug-likeness (QED) is 0.540. The van der Waals surface area contributed by atoms with Crippen LogP contribution < -0.4 is 0 Å². The average molecular weight is 292 g/mol. The molecule has 0 saturated carbocycles. The summed E-state index contributed by atoms with van der Waals surface area (Å²) >= 11 is 5.49. The maximum atomic E-state index is 5.49. The molecule has 5 heteroatoms. The van der Waals surface area contributed by atoms with E-state index in [1.165, 1.54) is 0 Å². The predicted octanol–water partition coefficient (Wildman–Crippen LogP) is 3.94. The van der Waals surface area contributed by atoms with E-state index in [1.807, 2.05) is 48.0 Å². The van der Waals surface area contributed by atoms with Crippen molar-refractivity contribution in [1.82, 2.24) is 19.5 Å². The molecule has 0 amide bonds. The molecule has 0 aliphatic carbocycles. The van der Waals surface area contributed by atoms with Gasteiger partial charge in [-0.3, -0.25) is 9.55 Å². The van der Waals surface area contributed by atoms with Crippen molar-refractivity contribution in [2.75, 3.05) is 0 Å². The van der Waals surface area contributed by atoms with Gasteiger partial charge in [-0.15, -0.1) is 0 Å². The van der Waals surface area contributed by atoms with Crippen LogP contribution in [0.25, 0.3) is 27.6 Å². The van der Waals surface area contributed by atoms with Crippen LogP contribution in [-0.2, 0) is 0 Å². The third-order valence-electron chi connectivity index (χ3n) is 3.57. The fraction of sp³-hybridized carbons (Fsp3) is 0.0625. The van der Waals surface area contributed by atoms with Gasteiger partial charge in [0.25, 0.3) is 0 Å². The highest BCUT2D eigenvalue weighted by atomic mass is 32.1. The monoisotopic (exact) mass is 292 g/mol. The number of pyridine rings is 2. The summed E-state index contributed by atoms with van der Waals surface area (Å²) in [7, 11) is 0. The van der Waals surface area contributed by atoms with Crippen LogP contribution in [0.1, 0.15) is 5.69 Å². The lowest BCUT2D eigenvalue weighted by Gasteiger charge is -2.08. The highest BCUT2D eigenvalue weighted by Crippen LogP contribution is 2.25. The summed E-state index contributed by atoms with van der Waals surface area (Å²) in [6.45, 7) is 1.98. The molecule has 21 heavy (non-hydrogen) atoms. The number of imidazole rings is 1. The van der Waals surface area contributed by atoms with Crippen molar-refractivity contribution in [1.29, 1.82) is 0 Å².